The maximum atomic E-state index is 6.00. The zero-order valence-electron chi connectivity index (χ0n) is 9.50. The van der Waals surface area contributed by atoms with Crippen molar-refractivity contribution in [2.75, 3.05) is 0 Å². The first-order chi connectivity index (χ1) is 8.74. The van der Waals surface area contributed by atoms with E-state index in [9.17, 15) is 0 Å². The maximum Gasteiger partial charge on any atom is 0.234 e. The molecule has 0 atom stereocenters. The lowest BCUT2D eigenvalue weighted by Crippen LogP contribution is -1.97. The van der Waals surface area contributed by atoms with E-state index in [0.717, 1.165) is 15.8 Å². The van der Waals surface area contributed by atoms with Crippen molar-refractivity contribution >= 4 is 27.9 Å². The van der Waals surface area contributed by atoms with Crippen molar-refractivity contribution < 1.29 is 4.74 Å². The van der Waals surface area contributed by atoms with E-state index < -0.39 is 0 Å². The summed E-state index contributed by atoms with van der Waals surface area (Å²) in [6, 6.07) is 7.36. The molecule has 0 aliphatic rings. The number of halogens is 1. The molecule has 0 saturated carbocycles. The summed E-state index contributed by atoms with van der Waals surface area (Å²) in [5.41, 5.74) is 0. The van der Waals surface area contributed by atoms with Gasteiger partial charge in [-0.15, -0.1) is 10.2 Å². The Morgan fingerprint density at radius 2 is 2.17 bits per heavy atom. The first-order valence-electron chi connectivity index (χ1n) is 5.29. The number of hydrogen-bond acceptors (Lipinski definition) is 5. The Morgan fingerprint density at radius 3 is 2.94 bits per heavy atom. The van der Waals surface area contributed by atoms with Gasteiger partial charge in [0.25, 0.3) is 0 Å². The quantitative estimate of drug-likeness (QED) is 0.740. The molecule has 0 spiro atoms. The smallest absolute Gasteiger partial charge is 0.234 e. The summed E-state index contributed by atoms with van der Waals surface area (Å²) in [5, 5.41) is 13.7. The highest BCUT2D eigenvalue weighted by atomic mass is 35.5. The summed E-state index contributed by atoms with van der Waals surface area (Å²) < 4.78 is 7.32. The Hall–Kier alpha value is -1.66. The predicted molar refractivity (Wildman–Crippen MR) is 69.2 cm³/mol. The largest absolute Gasteiger partial charge is 0.485 e. The van der Waals surface area contributed by atoms with Crippen molar-refractivity contribution in [1.82, 2.24) is 19.8 Å². The van der Waals surface area contributed by atoms with E-state index in [1.54, 1.807) is 10.6 Å². The van der Waals surface area contributed by atoms with E-state index in [-0.39, 0.29) is 0 Å². The number of benzene rings is 1. The summed E-state index contributed by atoms with van der Waals surface area (Å²) >= 11 is 7.46. The van der Waals surface area contributed by atoms with Crippen LogP contribution in [0.1, 0.15) is 10.8 Å². The molecular weight excluding hydrogens is 272 g/mol. The Labute approximate surface area is 112 Å². The topological polar surface area (TPSA) is 52.3 Å². The van der Waals surface area contributed by atoms with E-state index >= 15 is 0 Å². The van der Waals surface area contributed by atoms with E-state index in [2.05, 4.69) is 15.3 Å². The van der Waals surface area contributed by atoms with Gasteiger partial charge < -0.3 is 4.74 Å². The van der Waals surface area contributed by atoms with Crippen molar-refractivity contribution in [2.45, 2.75) is 13.5 Å². The lowest BCUT2D eigenvalue weighted by atomic mass is 10.3. The molecule has 0 aliphatic carbocycles. The molecule has 7 heteroatoms. The lowest BCUT2D eigenvalue weighted by molar-refractivity contribution is 0.304. The predicted octanol–water partition coefficient (Wildman–Crippen LogP) is 2.73. The fraction of sp³-hybridized carbons (Fsp3) is 0.182. The molecule has 1 aromatic carbocycles. The molecule has 0 unspecified atom stereocenters. The van der Waals surface area contributed by atoms with Crippen LogP contribution in [0.4, 0.5) is 0 Å². The van der Waals surface area contributed by atoms with Gasteiger partial charge in [0.05, 0.1) is 5.02 Å². The highest BCUT2D eigenvalue weighted by Gasteiger charge is 2.09. The molecule has 0 N–H and O–H groups in total. The molecule has 0 fully saturated rings. The number of fused-ring (bicyclic) bond motifs is 1. The van der Waals surface area contributed by atoms with Crippen LogP contribution < -0.4 is 4.74 Å². The Kier molecular flexibility index (Phi) is 2.89. The van der Waals surface area contributed by atoms with Crippen LogP contribution in [0.3, 0.4) is 0 Å². The van der Waals surface area contributed by atoms with Crippen molar-refractivity contribution in [1.29, 1.82) is 0 Å². The summed E-state index contributed by atoms with van der Waals surface area (Å²) in [5.74, 6) is 1.42. The van der Waals surface area contributed by atoms with Crippen LogP contribution in [-0.2, 0) is 6.61 Å². The zero-order chi connectivity index (χ0) is 12.5. The molecular formula is C11H9ClN4OS. The maximum absolute atomic E-state index is 6.00. The second-order valence-corrected chi connectivity index (χ2v) is 5.10. The fourth-order valence-electron chi connectivity index (χ4n) is 1.51. The van der Waals surface area contributed by atoms with Crippen LogP contribution in [0.25, 0.3) is 4.96 Å². The number of aromatic nitrogens is 4. The third-order valence-electron chi connectivity index (χ3n) is 2.38. The van der Waals surface area contributed by atoms with Gasteiger partial charge in [-0.2, -0.15) is 9.61 Å². The van der Waals surface area contributed by atoms with Crippen molar-refractivity contribution in [3.8, 4) is 5.75 Å². The Balaban J connectivity index is 1.79. The highest BCUT2D eigenvalue weighted by molar-refractivity contribution is 7.16. The number of nitrogens with zero attached hydrogens (tertiary/aromatic N) is 4. The molecule has 2 aromatic heterocycles. The van der Waals surface area contributed by atoms with Crippen LogP contribution in [-0.4, -0.2) is 19.8 Å². The van der Waals surface area contributed by atoms with Gasteiger partial charge in [0.2, 0.25) is 4.96 Å². The van der Waals surface area contributed by atoms with E-state index in [4.69, 9.17) is 16.3 Å². The second-order valence-electron chi connectivity index (χ2n) is 3.66. The minimum atomic E-state index is 0.372. The molecule has 5 nitrogen and oxygen atoms in total. The van der Waals surface area contributed by atoms with Crippen LogP contribution in [0, 0.1) is 6.92 Å². The van der Waals surface area contributed by atoms with Crippen molar-refractivity contribution in [3.63, 3.8) is 0 Å². The zero-order valence-corrected chi connectivity index (χ0v) is 11.1. The van der Waals surface area contributed by atoms with Crippen LogP contribution in [0.2, 0.25) is 5.02 Å². The fourth-order valence-corrected chi connectivity index (χ4v) is 2.50. The third-order valence-corrected chi connectivity index (χ3v) is 3.56. The normalized spacial score (nSPS) is 11.0. The van der Waals surface area contributed by atoms with Crippen molar-refractivity contribution in [2.24, 2.45) is 0 Å². The summed E-state index contributed by atoms with van der Waals surface area (Å²) in [4.78, 5) is 0.769. The van der Waals surface area contributed by atoms with Crippen LogP contribution in [0.15, 0.2) is 24.3 Å². The van der Waals surface area contributed by atoms with Gasteiger partial charge in [0.1, 0.15) is 12.4 Å². The highest BCUT2D eigenvalue weighted by Crippen LogP contribution is 2.24. The Morgan fingerprint density at radius 1 is 1.33 bits per heavy atom. The minimum absolute atomic E-state index is 0.372. The van der Waals surface area contributed by atoms with Gasteiger partial charge in [0.15, 0.2) is 10.8 Å². The summed E-state index contributed by atoms with van der Waals surface area (Å²) in [6.07, 6.45) is 0. The molecule has 92 valence electrons. The lowest BCUT2D eigenvalue weighted by Gasteiger charge is -2.04. The summed E-state index contributed by atoms with van der Waals surface area (Å²) in [7, 11) is 0. The van der Waals surface area contributed by atoms with E-state index in [0.29, 0.717) is 17.4 Å². The molecule has 0 bridgehead atoms. The molecule has 0 amide bonds. The molecule has 2 heterocycles. The van der Waals surface area contributed by atoms with Gasteiger partial charge in [-0.1, -0.05) is 35.1 Å². The average Bonchev–Trinajstić information content (AvgIpc) is 2.91. The SMILES string of the molecule is Cc1nnc2sc(COc3ccccc3Cl)nn12. The van der Waals surface area contributed by atoms with Crippen molar-refractivity contribution in [3.05, 3.63) is 40.1 Å². The van der Waals surface area contributed by atoms with Gasteiger partial charge in [-0.25, -0.2) is 0 Å². The minimum Gasteiger partial charge on any atom is -0.485 e. The van der Waals surface area contributed by atoms with E-state index in [1.807, 2.05) is 25.1 Å². The number of hydrogen-bond donors (Lipinski definition) is 0. The number of ether oxygens (including phenoxy) is 1. The second kappa shape index (κ2) is 4.55. The number of aryl methyl sites for hydroxylation is 1. The molecule has 0 aliphatic heterocycles. The number of rotatable bonds is 3. The van der Waals surface area contributed by atoms with Crippen LogP contribution >= 0.6 is 22.9 Å². The first-order valence-corrected chi connectivity index (χ1v) is 6.48. The van der Waals surface area contributed by atoms with Gasteiger partial charge in [-0.3, -0.25) is 0 Å². The molecule has 3 rings (SSSR count). The molecule has 3 aromatic rings. The molecule has 0 radical (unpaired) electrons. The molecule has 18 heavy (non-hydrogen) atoms. The number of para-hydroxylation sites is 1. The standard InChI is InChI=1S/C11H9ClN4OS/c1-7-13-14-11-16(7)15-10(18-11)6-17-9-5-3-2-4-8(9)12/h2-5H,6H2,1H3. The van der Waals surface area contributed by atoms with Crippen LogP contribution in [0.5, 0.6) is 5.75 Å². The van der Waals surface area contributed by atoms with Gasteiger partial charge >= 0.3 is 0 Å². The van der Waals surface area contributed by atoms with E-state index in [1.165, 1.54) is 11.3 Å². The average molecular weight is 281 g/mol. The monoisotopic (exact) mass is 280 g/mol. The van der Waals surface area contributed by atoms with Gasteiger partial charge in [-0.05, 0) is 19.1 Å². The third kappa shape index (κ3) is 2.04. The summed E-state index contributed by atoms with van der Waals surface area (Å²) in [6.45, 7) is 2.23. The Bertz CT molecular complexity index is 693. The van der Waals surface area contributed by atoms with Gasteiger partial charge in [0, 0.05) is 0 Å². The first kappa shape index (κ1) is 11.4. The molecule has 0 saturated heterocycles.